The van der Waals surface area contributed by atoms with E-state index in [1.54, 1.807) is 0 Å². The van der Waals surface area contributed by atoms with Gasteiger partial charge in [-0.15, -0.1) is 0 Å². The number of carbonyl (C=O) groups excluding carboxylic acids is 1. The molecule has 0 bridgehead atoms. The highest BCUT2D eigenvalue weighted by Crippen LogP contribution is 2.23. The summed E-state index contributed by atoms with van der Waals surface area (Å²) in [4.78, 5) is 20.7. The number of piperazine rings is 1. The maximum absolute atomic E-state index is 12.7. The molecule has 1 aromatic carbocycles. The molecule has 2 fully saturated rings. The van der Waals surface area contributed by atoms with Crippen LogP contribution in [0.3, 0.4) is 0 Å². The van der Waals surface area contributed by atoms with E-state index >= 15 is 0 Å². The fourth-order valence-corrected chi connectivity index (χ4v) is 4.51. The summed E-state index contributed by atoms with van der Waals surface area (Å²) in [5.41, 5.74) is 2.23. The topological polar surface area (TPSA) is 39.3 Å². The zero-order valence-electron chi connectivity index (χ0n) is 15.0. The molecule has 4 heteroatoms. The van der Waals surface area contributed by atoms with Crippen LogP contribution < -0.4 is 0 Å². The number of hydrogen-bond acceptors (Lipinski definition) is 2. The molecule has 4 nitrogen and oxygen atoms in total. The Bertz CT molecular complexity index is 707. The molecular weight excluding hydrogens is 310 g/mol. The van der Waals surface area contributed by atoms with E-state index in [0.717, 1.165) is 43.3 Å². The van der Waals surface area contributed by atoms with Gasteiger partial charge in [-0.25, -0.2) is 0 Å². The maximum atomic E-state index is 12.7. The summed E-state index contributed by atoms with van der Waals surface area (Å²) in [7, 11) is 0. The molecule has 0 unspecified atom stereocenters. The normalized spacial score (nSPS) is 20.7. The number of H-pyrrole nitrogens is 1. The largest absolute Gasteiger partial charge is 0.361 e. The molecule has 0 radical (unpaired) electrons. The molecule has 2 aromatic rings. The number of fused-ring (bicyclic) bond motifs is 1. The molecule has 1 aromatic heterocycles. The minimum Gasteiger partial charge on any atom is -0.361 e. The van der Waals surface area contributed by atoms with Crippen LogP contribution in [0.1, 0.15) is 44.1 Å². The molecule has 1 amide bonds. The highest BCUT2D eigenvalue weighted by Gasteiger charge is 2.26. The van der Waals surface area contributed by atoms with Crippen molar-refractivity contribution in [3.8, 4) is 0 Å². The number of aromatic nitrogens is 1. The first-order valence-corrected chi connectivity index (χ1v) is 9.88. The number of amides is 1. The lowest BCUT2D eigenvalue weighted by atomic mass is 10.1. The average Bonchev–Trinajstić information content (AvgIpc) is 2.87. The second-order valence-corrected chi connectivity index (χ2v) is 7.60. The smallest absolute Gasteiger partial charge is 0.227 e. The van der Waals surface area contributed by atoms with Gasteiger partial charge in [0.2, 0.25) is 5.91 Å². The van der Waals surface area contributed by atoms with Gasteiger partial charge in [-0.2, -0.15) is 0 Å². The lowest BCUT2D eigenvalue weighted by Crippen LogP contribution is -2.52. The van der Waals surface area contributed by atoms with Crippen LogP contribution >= 0.6 is 0 Å². The molecule has 0 spiro atoms. The molecule has 2 heterocycles. The quantitative estimate of drug-likeness (QED) is 0.868. The Hall–Kier alpha value is -1.81. The Morgan fingerprint density at radius 3 is 2.48 bits per heavy atom. The van der Waals surface area contributed by atoms with E-state index in [1.165, 1.54) is 43.9 Å². The second kappa shape index (κ2) is 7.61. The number of nitrogens with one attached hydrogen (secondary N) is 1. The summed E-state index contributed by atoms with van der Waals surface area (Å²) < 4.78 is 0. The fourth-order valence-electron chi connectivity index (χ4n) is 4.51. The monoisotopic (exact) mass is 339 g/mol. The number of rotatable bonds is 3. The van der Waals surface area contributed by atoms with Gasteiger partial charge in [-0.05, 0) is 24.5 Å². The van der Waals surface area contributed by atoms with Crippen LogP contribution in [0.2, 0.25) is 0 Å². The van der Waals surface area contributed by atoms with E-state index in [9.17, 15) is 4.79 Å². The van der Waals surface area contributed by atoms with E-state index in [0.29, 0.717) is 6.42 Å². The number of hydrogen-bond donors (Lipinski definition) is 1. The van der Waals surface area contributed by atoms with Gasteiger partial charge in [0, 0.05) is 49.3 Å². The zero-order chi connectivity index (χ0) is 17.1. The third-order valence-electron chi connectivity index (χ3n) is 6.02. The number of nitrogens with zero attached hydrogens (tertiary/aromatic N) is 2. The highest BCUT2D eigenvalue weighted by atomic mass is 16.2. The van der Waals surface area contributed by atoms with Crippen LogP contribution in [0, 0.1) is 0 Å². The van der Waals surface area contributed by atoms with Gasteiger partial charge in [-0.1, -0.05) is 43.9 Å². The zero-order valence-corrected chi connectivity index (χ0v) is 15.0. The van der Waals surface area contributed by atoms with E-state index < -0.39 is 0 Å². The van der Waals surface area contributed by atoms with Crippen LogP contribution in [0.4, 0.5) is 0 Å². The fraction of sp³-hybridized carbons (Fsp3) is 0.571. The first-order chi connectivity index (χ1) is 12.3. The first kappa shape index (κ1) is 16.6. The summed E-state index contributed by atoms with van der Waals surface area (Å²) in [5, 5.41) is 1.17. The second-order valence-electron chi connectivity index (χ2n) is 7.60. The van der Waals surface area contributed by atoms with Crippen molar-refractivity contribution in [1.82, 2.24) is 14.8 Å². The number of carbonyl (C=O) groups is 1. The van der Waals surface area contributed by atoms with Crippen molar-refractivity contribution in [1.29, 1.82) is 0 Å². The van der Waals surface area contributed by atoms with Gasteiger partial charge >= 0.3 is 0 Å². The SMILES string of the molecule is O=C(Cc1c[nH]c2ccccc12)N1CCN(C2CCCCCC2)CC1. The number of para-hydroxylation sites is 1. The molecule has 1 saturated heterocycles. The molecule has 2 aliphatic rings. The molecule has 1 saturated carbocycles. The van der Waals surface area contributed by atoms with E-state index in [4.69, 9.17) is 0 Å². The van der Waals surface area contributed by atoms with Gasteiger partial charge in [0.05, 0.1) is 6.42 Å². The van der Waals surface area contributed by atoms with E-state index in [2.05, 4.69) is 26.9 Å². The Kier molecular flexibility index (Phi) is 5.07. The van der Waals surface area contributed by atoms with Crippen LogP contribution in [0.5, 0.6) is 0 Å². The third-order valence-corrected chi connectivity index (χ3v) is 6.02. The van der Waals surface area contributed by atoms with E-state index in [-0.39, 0.29) is 5.91 Å². The third kappa shape index (κ3) is 3.74. The predicted molar refractivity (Wildman–Crippen MR) is 102 cm³/mol. The minimum absolute atomic E-state index is 0.269. The Balaban J connectivity index is 1.33. The van der Waals surface area contributed by atoms with Gasteiger partial charge in [-0.3, -0.25) is 9.69 Å². The van der Waals surface area contributed by atoms with Crippen molar-refractivity contribution in [2.24, 2.45) is 0 Å². The van der Waals surface area contributed by atoms with Crippen molar-refractivity contribution < 1.29 is 4.79 Å². The van der Waals surface area contributed by atoms with Crippen LogP contribution in [0.25, 0.3) is 10.9 Å². The van der Waals surface area contributed by atoms with Crippen LogP contribution in [-0.2, 0) is 11.2 Å². The minimum atomic E-state index is 0.269. The van der Waals surface area contributed by atoms with Crippen molar-refractivity contribution in [3.63, 3.8) is 0 Å². The summed E-state index contributed by atoms with van der Waals surface area (Å²) in [6.45, 7) is 3.87. The van der Waals surface area contributed by atoms with Gasteiger partial charge < -0.3 is 9.88 Å². The lowest BCUT2D eigenvalue weighted by molar-refractivity contribution is -0.132. The maximum Gasteiger partial charge on any atom is 0.227 e. The summed E-state index contributed by atoms with van der Waals surface area (Å²) in [5.74, 6) is 0.269. The Labute approximate surface area is 150 Å². The molecule has 1 aliphatic heterocycles. The number of aromatic amines is 1. The molecular formula is C21H29N3O. The first-order valence-electron chi connectivity index (χ1n) is 9.88. The Morgan fingerprint density at radius 1 is 1.00 bits per heavy atom. The molecule has 4 rings (SSSR count). The number of benzene rings is 1. The highest BCUT2D eigenvalue weighted by molar-refractivity contribution is 5.88. The van der Waals surface area contributed by atoms with Crippen LogP contribution in [0.15, 0.2) is 30.5 Å². The van der Waals surface area contributed by atoms with Gasteiger partial charge in [0.1, 0.15) is 0 Å². The van der Waals surface area contributed by atoms with Crippen LogP contribution in [-0.4, -0.2) is 52.9 Å². The Morgan fingerprint density at radius 2 is 1.72 bits per heavy atom. The lowest BCUT2D eigenvalue weighted by Gasteiger charge is -2.39. The predicted octanol–water partition coefficient (Wildman–Crippen LogP) is 3.58. The molecule has 1 aliphatic carbocycles. The van der Waals surface area contributed by atoms with Crippen molar-refractivity contribution in [2.75, 3.05) is 26.2 Å². The standard InChI is InChI=1S/C21H29N3O/c25-21(15-17-16-22-20-10-6-5-9-19(17)20)24-13-11-23(12-14-24)18-7-3-1-2-4-8-18/h5-6,9-10,16,18,22H,1-4,7-8,11-15H2. The summed E-state index contributed by atoms with van der Waals surface area (Å²) >= 11 is 0. The van der Waals surface area contributed by atoms with Gasteiger partial charge in [0.25, 0.3) is 0 Å². The molecule has 0 atom stereocenters. The summed E-state index contributed by atoms with van der Waals surface area (Å²) in [6, 6.07) is 8.98. The molecule has 134 valence electrons. The van der Waals surface area contributed by atoms with Crippen molar-refractivity contribution >= 4 is 16.8 Å². The summed E-state index contributed by atoms with van der Waals surface area (Å²) in [6.07, 6.45) is 10.8. The average molecular weight is 339 g/mol. The van der Waals surface area contributed by atoms with Gasteiger partial charge in [0.15, 0.2) is 0 Å². The van der Waals surface area contributed by atoms with Crippen molar-refractivity contribution in [2.45, 2.75) is 51.0 Å². The molecule has 1 N–H and O–H groups in total. The molecule has 25 heavy (non-hydrogen) atoms. The van der Waals surface area contributed by atoms with Crippen molar-refractivity contribution in [3.05, 3.63) is 36.0 Å². The van der Waals surface area contributed by atoms with E-state index in [1.807, 2.05) is 18.3 Å².